The van der Waals surface area contributed by atoms with E-state index in [0.29, 0.717) is 10.7 Å². The maximum Gasteiger partial charge on any atom is 0.254 e. The summed E-state index contributed by atoms with van der Waals surface area (Å²) in [7, 11) is 0. The Bertz CT molecular complexity index is 419. The number of aryl methyl sites for hydroxylation is 1. The van der Waals surface area contributed by atoms with Crippen LogP contribution in [0.1, 0.15) is 22.8 Å². The summed E-state index contributed by atoms with van der Waals surface area (Å²) >= 11 is 6.66. The van der Waals surface area contributed by atoms with E-state index in [0.717, 1.165) is 5.56 Å². The molecular weight excluding hydrogens is 353 g/mol. The zero-order chi connectivity index (χ0) is 13.1. The van der Waals surface area contributed by atoms with E-state index in [1.54, 1.807) is 12.1 Å². The fraction of sp³-hybridized carbons (Fsp3) is 0.417. The molecule has 1 amide bonds. The summed E-state index contributed by atoms with van der Waals surface area (Å²) < 4.78 is 13.5. The molecular formula is C12H14Br2FNO. The highest BCUT2D eigenvalue weighted by Crippen LogP contribution is 2.15. The lowest BCUT2D eigenvalue weighted by Crippen LogP contribution is -2.49. The summed E-state index contributed by atoms with van der Waals surface area (Å²) in [5.41, 5.74) is 0.502. The lowest BCUT2D eigenvalue weighted by molar-refractivity contribution is 0.0918. The van der Waals surface area contributed by atoms with Crippen molar-refractivity contribution in [2.24, 2.45) is 0 Å². The molecule has 0 radical (unpaired) electrons. The minimum Gasteiger partial charge on any atom is -0.345 e. The first-order valence-corrected chi connectivity index (χ1v) is 7.37. The monoisotopic (exact) mass is 365 g/mol. The molecule has 0 aliphatic heterocycles. The molecule has 0 bridgehead atoms. The Morgan fingerprint density at radius 3 is 2.53 bits per heavy atom. The molecule has 1 N–H and O–H groups in total. The maximum absolute atomic E-state index is 13.5. The van der Waals surface area contributed by atoms with Crippen LogP contribution in [-0.2, 0) is 0 Å². The van der Waals surface area contributed by atoms with E-state index in [9.17, 15) is 9.18 Å². The molecule has 0 saturated heterocycles. The van der Waals surface area contributed by atoms with Crippen molar-refractivity contribution in [3.8, 4) is 0 Å². The summed E-state index contributed by atoms with van der Waals surface area (Å²) in [6.45, 7) is 3.70. The maximum atomic E-state index is 13.5. The van der Waals surface area contributed by atoms with Crippen LogP contribution in [-0.4, -0.2) is 22.1 Å². The van der Waals surface area contributed by atoms with Gasteiger partial charge in [-0.25, -0.2) is 4.39 Å². The molecule has 0 saturated carbocycles. The van der Waals surface area contributed by atoms with Crippen molar-refractivity contribution in [2.45, 2.75) is 19.4 Å². The molecule has 94 valence electrons. The summed E-state index contributed by atoms with van der Waals surface area (Å²) in [4.78, 5) is 12.0. The van der Waals surface area contributed by atoms with Gasteiger partial charge in [0.1, 0.15) is 5.82 Å². The zero-order valence-corrected chi connectivity index (χ0v) is 12.9. The van der Waals surface area contributed by atoms with Crippen LogP contribution in [0.2, 0.25) is 0 Å². The third-order valence-corrected chi connectivity index (χ3v) is 4.85. The van der Waals surface area contributed by atoms with E-state index < -0.39 is 17.3 Å². The molecule has 0 aliphatic rings. The highest BCUT2D eigenvalue weighted by atomic mass is 79.9. The van der Waals surface area contributed by atoms with Crippen molar-refractivity contribution >= 4 is 37.8 Å². The average Bonchev–Trinajstić information content (AvgIpc) is 2.32. The molecule has 0 heterocycles. The Labute approximate surface area is 117 Å². The van der Waals surface area contributed by atoms with Gasteiger partial charge in [0.15, 0.2) is 0 Å². The van der Waals surface area contributed by atoms with Crippen LogP contribution in [0.5, 0.6) is 0 Å². The fourth-order valence-corrected chi connectivity index (χ4v) is 2.47. The third-order valence-electron chi connectivity index (χ3n) is 2.37. The van der Waals surface area contributed by atoms with Gasteiger partial charge in [-0.2, -0.15) is 0 Å². The van der Waals surface area contributed by atoms with Crippen molar-refractivity contribution in [1.29, 1.82) is 0 Å². The Morgan fingerprint density at radius 1 is 1.41 bits per heavy atom. The van der Waals surface area contributed by atoms with Gasteiger partial charge >= 0.3 is 0 Å². The van der Waals surface area contributed by atoms with Crippen molar-refractivity contribution in [2.75, 3.05) is 10.7 Å². The lowest BCUT2D eigenvalue weighted by Gasteiger charge is -2.26. The summed E-state index contributed by atoms with van der Waals surface area (Å²) in [6.07, 6.45) is 0. The van der Waals surface area contributed by atoms with Gasteiger partial charge in [0.2, 0.25) is 0 Å². The van der Waals surface area contributed by atoms with Crippen LogP contribution in [0.4, 0.5) is 4.39 Å². The van der Waals surface area contributed by atoms with E-state index in [-0.39, 0.29) is 5.56 Å². The number of alkyl halides is 2. The standard InChI is InChI=1S/C12H14Br2FNO/c1-8-3-4-10(15)9(5-8)11(17)16-12(2,6-13)7-14/h3-5H,6-7H2,1-2H3,(H,16,17). The molecule has 1 aromatic rings. The number of amides is 1. The first kappa shape index (κ1) is 14.6. The number of hydrogen-bond donors (Lipinski definition) is 1. The van der Waals surface area contributed by atoms with Gasteiger partial charge in [0, 0.05) is 10.7 Å². The van der Waals surface area contributed by atoms with Gasteiger partial charge in [-0.3, -0.25) is 4.79 Å². The van der Waals surface area contributed by atoms with Crippen LogP contribution in [0.25, 0.3) is 0 Å². The second-order valence-corrected chi connectivity index (χ2v) is 5.39. The molecule has 0 fully saturated rings. The average molecular weight is 367 g/mol. The summed E-state index contributed by atoms with van der Waals surface area (Å²) in [5.74, 6) is -0.896. The van der Waals surface area contributed by atoms with Gasteiger partial charge < -0.3 is 5.32 Å². The Hall–Kier alpha value is -0.420. The van der Waals surface area contributed by atoms with E-state index in [1.807, 2.05) is 13.8 Å². The minimum atomic E-state index is -0.500. The largest absolute Gasteiger partial charge is 0.345 e. The highest BCUT2D eigenvalue weighted by Gasteiger charge is 2.25. The van der Waals surface area contributed by atoms with Gasteiger partial charge in [-0.15, -0.1) is 0 Å². The van der Waals surface area contributed by atoms with Gasteiger partial charge in [-0.1, -0.05) is 43.5 Å². The van der Waals surface area contributed by atoms with Crippen LogP contribution in [0.3, 0.4) is 0 Å². The summed E-state index contributed by atoms with van der Waals surface area (Å²) in [5, 5.41) is 3.98. The van der Waals surface area contributed by atoms with E-state index in [1.165, 1.54) is 6.07 Å². The van der Waals surface area contributed by atoms with Crippen LogP contribution in [0.15, 0.2) is 18.2 Å². The number of rotatable bonds is 4. The van der Waals surface area contributed by atoms with Crippen molar-refractivity contribution in [1.82, 2.24) is 5.32 Å². The number of carbonyl (C=O) groups excluding carboxylic acids is 1. The van der Waals surface area contributed by atoms with Gasteiger partial charge in [0.05, 0.1) is 11.1 Å². The molecule has 0 aliphatic carbocycles. The van der Waals surface area contributed by atoms with E-state index in [4.69, 9.17) is 0 Å². The number of carbonyl (C=O) groups is 1. The van der Waals surface area contributed by atoms with Gasteiger partial charge in [-0.05, 0) is 26.0 Å². The molecule has 1 rings (SSSR count). The molecule has 0 unspecified atom stereocenters. The molecule has 0 atom stereocenters. The normalized spacial score (nSPS) is 11.4. The molecule has 2 nitrogen and oxygen atoms in total. The lowest BCUT2D eigenvalue weighted by atomic mass is 10.1. The molecule has 17 heavy (non-hydrogen) atoms. The third kappa shape index (κ3) is 3.78. The fourth-order valence-electron chi connectivity index (χ4n) is 1.26. The second kappa shape index (κ2) is 5.96. The number of nitrogens with one attached hydrogen (secondary N) is 1. The van der Waals surface area contributed by atoms with E-state index in [2.05, 4.69) is 37.2 Å². The number of benzene rings is 1. The molecule has 0 spiro atoms. The SMILES string of the molecule is Cc1ccc(F)c(C(=O)NC(C)(CBr)CBr)c1. The number of hydrogen-bond acceptors (Lipinski definition) is 1. The predicted molar refractivity (Wildman–Crippen MR) is 74.6 cm³/mol. The molecule has 1 aromatic carbocycles. The van der Waals surface area contributed by atoms with Crippen LogP contribution >= 0.6 is 31.9 Å². The van der Waals surface area contributed by atoms with Crippen molar-refractivity contribution in [3.63, 3.8) is 0 Å². The minimum absolute atomic E-state index is 0.0816. The Kier molecular flexibility index (Phi) is 5.13. The van der Waals surface area contributed by atoms with Gasteiger partial charge in [0.25, 0.3) is 5.91 Å². The topological polar surface area (TPSA) is 29.1 Å². The second-order valence-electron chi connectivity index (χ2n) is 4.27. The molecule has 5 heteroatoms. The number of halogens is 3. The summed E-state index contributed by atoms with van der Waals surface area (Å²) in [6, 6.07) is 4.50. The predicted octanol–water partition coefficient (Wildman–Crippen LogP) is 3.41. The van der Waals surface area contributed by atoms with E-state index >= 15 is 0 Å². The Balaban J connectivity index is 2.94. The zero-order valence-electron chi connectivity index (χ0n) is 9.69. The van der Waals surface area contributed by atoms with Crippen LogP contribution < -0.4 is 5.32 Å². The van der Waals surface area contributed by atoms with Crippen molar-refractivity contribution < 1.29 is 9.18 Å². The van der Waals surface area contributed by atoms with Crippen LogP contribution in [0, 0.1) is 12.7 Å². The Morgan fingerprint density at radius 2 is 2.00 bits per heavy atom. The smallest absolute Gasteiger partial charge is 0.254 e. The molecule has 0 aromatic heterocycles. The first-order chi connectivity index (χ1) is 7.91. The highest BCUT2D eigenvalue weighted by molar-refractivity contribution is 9.09. The first-order valence-electron chi connectivity index (χ1n) is 5.12. The van der Waals surface area contributed by atoms with Crippen molar-refractivity contribution in [3.05, 3.63) is 35.1 Å². The quantitative estimate of drug-likeness (QED) is 0.813.